The molecule has 0 atom stereocenters. The number of anilines is 1. The van der Waals surface area contributed by atoms with Gasteiger partial charge in [0.2, 0.25) is 5.91 Å². The number of carbonyl (C=O) groups is 1. The fraction of sp³-hybridized carbons (Fsp3) is 0.188. The summed E-state index contributed by atoms with van der Waals surface area (Å²) in [5, 5.41) is 4.67. The summed E-state index contributed by atoms with van der Waals surface area (Å²) in [5.74, 6) is -0.199. The molecule has 0 aliphatic heterocycles. The zero-order valence-electron chi connectivity index (χ0n) is 12.2. The maximum atomic E-state index is 12.1. The van der Waals surface area contributed by atoms with E-state index < -0.39 is 0 Å². The summed E-state index contributed by atoms with van der Waals surface area (Å²) in [4.78, 5) is 13.9. The molecule has 0 unspecified atom stereocenters. The van der Waals surface area contributed by atoms with Crippen LogP contribution in [-0.4, -0.2) is 24.4 Å². The Kier molecular flexibility index (Phi) is 6.57. The zero-order valence-corrected chi connectivity index (χ0v) is 15.3. The molecule has 0 aliphatic carbocycles. The number of halogens is 4. The molecule has 1 N–H and O–H groups in total. The van der Waals surface area contributed by atoms with Crippen molar-refractivity contribution in [2.45, 2.75) is 6.54 Å². The van der Waals surface area contributed by atoms with Crippen LogP contribution in [0.1, 0.15) is 5.56 Å². The Bertz CT molecular complexity index is 721. The molecule has 0 spiro atoms. The third-order valence-corrected chi connectivity index (χ3v) is 4.51. The van der Waals surface area contributed by atoms with Crippen molar-refractivity contribution in [2.24, 2.45) is 0 Å². The SMILES string of the molecule is CN(CC(=O)Nc1cc(Cl)ccc1Cl)Cc1cccc(Cl)c1Cl. The van der Waals surface area contributed by atoms with Crippen molar-refractivity contribution < 1.29 is 4.79 Å². The minimum absolute atomic E-state index is 0.172. The molecule has 0 bridgehead atoms. The molecule has 2 rings (SSSR count). The Hall–Kier alpha value is -0.970. The number of amides is 1. The minimum atomic E-state index is -0.199. The van der Waals surface area contributed by atoms with E-state index in [1.54, 1.807) is 24.3 Å². The third kappa shape index (κ3) is 5.27. The summed E-state index contributed by atoms with van der Waals surface area (Å²) < 4.78 is 0. The van der Waals surface area contributed by atoms with Gasteiger partial charge in [-0.1, -0.05) is 58.5 Å². The summed E-state index contributed by atoms with van der Waals surface area (Å²) in [6.45, 7) is 0.668. The van der Waals surface area contributed by atoms with Crippen LogP contribution in [0, 0.1) is 0 Å². The Morgan fingerprint density at radius 1 is 1.09 bits per heavy atom. The number of rotatable bonds is 5. The van der Waals surface area contributed by atoms with Crippen molar-refractivity contribution in [3.05, 3.63) is 62.1 Å². The summed E-state index contributed by atoms with van der Waals surface area (Å²) in [5.41, 5.74) is 1.34. The molecule has 122 valence electrons. The monoisotopic (exact) mass is 390 g/mol. The highest BCUT2D eigenvalue weighted by Crippen LogP contribution is 2.27. The predicted molar refractivity (Wildman–Crippen MR) is 97.9 cm³/mol. The number of nitrogens with zero attached hydrogens (tertiary/aromatic N) is 1. The van der Waals surface area contributed by atoms with Crippen LogP contribution in [0.3, 0.4) is 0 Å². The van der Waals surface area contributed by atoms with Crippen molar-refractivity contribution in [1.82, 2.24) is 4.90 Å². The van der Waals surface area contributed by atoms with Crippen LogP contribution in [0.25, 0.3) is 0 Å². The Balaban J connectivity index is 1.97. The molecule has 0 saturated carbocycles. The third-order valence-electron chi connectivity index (χ3n) is 3.09. The molecule has 0 fully saturated rings. The molecule has 0 aromatic heterocycles. The maximum Gasteiger partial charge on any atom is 0.238 e. The molecule has 3 nitrogen and oxygen atoms in total. The first-order chi connectivity index (χ1) is 10.9. The van der Waals surface area contributed by atoms with E-state index in [9.17, 15) is 4.79 Å². The van der Waals surface area contributed by atoms with Crippen LogP contribution in [0.5, 0.6) is 0 Å². The maximum absolute atomic E-state index is 12.1. The van der Waals surface area contributed by atoms with Gasteiger partial charge in [0.25, 0.3) is 0 Å². The van der Waals surface area contributed by atoms with Crippen LogP contribution >= 0.6 is 46.4 Å². The summed E-state index contributed by atoms with van der Waals surface area (Å²) in [6.07, 6.45) is 0. The molecule has 7 heteroatoms. The number of benzene rings is 2. The lowest BCUT2D eigenvalue weighted by Gasteiger charge is -2.18. The molecule has 2 aromatic rings. The first-order valence-electron chi connectivity index (χ1n) is 6.73. The van der Waals surface area contributed by atoms with Gasteiger partial charge in [-0.25, -0.2) is 0 Å². The predicted octanol–water partition coefficient (Wildman–Crippen LogP) is 5.37. The largest absolute Gasteiger partial charge is 0.324 e. The van der Waals surface area contributed by atoms with Gasteiger partial charge in [-0.05, 0) is 36.9 Å². The molecule has 0 aliphatic rings. The molecular formula is C16H14Cl4N2O. The fourth-order valence-corrected chi connectivity index (χ4v) is 2.76. The second-order valence-electron chi connectivity index (χ2n) is 5.06. The van der Waals surface area contributed by atoms with Crippen LogP contribution < -0.4 is 5.32 Å². The van der Waals surface area contributed by atoms with Gasteiger partial charge < -0.3 is 5.32 Å². The molecule has 0 heterocycles. The average molecular weight is 392 g/mol. The minimum Gasteiger partial charge on any atom is -0.324 e. The van der Waals surface area contributed by atoms with E-state index in [2.05, 4.69) is 5.32 Å². The summed E-state index contributed by atoms with van der Waals surface area (Å²) >= 11 is 24.1. The second kappa shape index (κ2) is 8.22. The van der Waals surface area contributed by atoms with Gasteiger partial charge in [-0.15, -0.1) is 0 Å². The van der Waals surface area contributed by atoms with E-state index in [1.807, 2.05) is 24.1 Å². The van der Waals surface area contributed by atoms with Gasteiger partial charge in [0.15, 0.2) is 0 Å². The topological polar surface area (TPSA) is 32.3 Å². The van der Waals surface area contributed by atoms with Crippen molar-refractivity contribution >= 4 is 58.0 Å². The van der Waals surface area contributed by atoms with Crippen LogP contribution in [-0.2, 0) is 11.3 Å². The highest BCUT2D eigenvalue weighted by Gasteiger charge is 2.12. The molecular weight excluding hydrogens is 378 g/mol. The van der Waals surface area contributed by atoms with Crippen molar-refractivity contribution in [2.75, 3.05) is 18.9 Å². The zero-order chi connectivity index (χ0) is 17.0. The smallest absolute Gasteiger partial charge is 0.238 e. The van der Waals surface area contributed by atoms with Gasteiger partial charge in [0.05, 0.1) is 27.3 Å². The van der Waals surface area contributed by atoms with E-state index in [-0.39, 0.29) is 12.5 Å². The standard InChI is InChI=1S/C16H14Cl4N2O/c1-22(8-10-3-2-4-13(19)16(10)20)9-15(23)21-14-7-11(17)5-6-12(14)18/h2-7H,8-9H2,1H3,(H,21,23). The Morgan fingerprint density at radius 3 is 2.57 bits per heavy atom. The highest BCUT2D eigenvalue weighted by molar-refractivity contribution is 6.42. The number of likely N-dealkylation sites (N-methyl/N-ethyl adjacent to an activating group) is 1. The van der Waals surface area contributed by atoms with E-state index in [1.165, 1.54) is 0 Å². The van der Waals surface area contributed by atoms with Crippen LogP contribution in [0.15, 0.2) is 36.4 Å². The number of nitrogens with one attached hydrogen (secondary N) is 1. The number of hydrogen-bond acceptors (Lipinski definition) is 2. The lowest BCUT2D eigenvalue weighted by molar-refractivity contribution is -0.117. The van der Waals surface area contributed by atoms with Gasteiger partial charge in [-0.3, -0.25) is 9.69 Å². The number of hydrogen-bond donors (Lipinski definition) is 1. The van der Waals surface area contributed by atoms with Gasteiger partial charge in [0.1, 0.15) is 0 Å². The molecule has 0 saturated heterocycles. The van der Waals surface area contributed by atoms with Crippen molar-refractivity contribution in [3.63, 3.8) is 0 Å². The van der Waals surface area contributed by atoms with Crippen molar-refractivity contribution in [3.8, 4) is 0 Å². The lowest BCUT2D eigenvalue weighted by atomic mass is 10.2. The summed E-state index contributed by atoms with van der Waals surface area (Å²) in [7, 11) is 1.82. The Labute approximate surface area is 155 Å². The molecule has 1 amide bonds. The first-order valence-corrected chi connectivity index (χ1v) is 8.24. The normalized spacial score (nSPS) is 10.9. The van der Waals surface area contributed by atoms with Crippen molar-refractivity contribution in [1.29, 1.82) is 0 Å². The first kappa shape index (κ1) is 18.4. The Morgan fingerprint density at radius 2 is 1.83 bits per heavy atom. The van der Waals surface area contributed by atoms with E-state index in [0.717, 1.165) is 5.56 Å². The van der Waals surface area contributed by atoms with E-state index in [4.69, 9.17) is 46.4 Å². The van der Waals surface area contributed by atoms with E-state index >= 15 is 0 Å². The second-order valence-corrected chi connectivity index (χ2v) is 6.69. The van der Waals surface area contributed by atoms with E-state index in [0.29, 0.717) is 32.3 Å². The van der Waals surface area contributed by atoms with Gasteiger partial charge >= 0.3 is 0 Å². The van der Waals surface area contributed by atoms with Crippen LogP contribution in [0.2, 0.25) is 20.1 Å². The van der Waals surface area contributed by atoms with Gasteiger partial charge in [0, 0.05) is 11.6 Å². The highest BCUT2D eigenvalue weighted by atomic mass is 35.5. The summed E-state index contributed by atoms with van der Waals surface area (Å²) in [6, 6.07) is 10.3. The average Bonchev–Trinajstić information content (AvgIpc) is 2.47. The van der Waals surface area contributed by atoms with Gasteiger partial charge in [-0.2, -0.15) is 0 Å². The number of carbonyl (C=O) groups excluding carboxylic acids is 1. The molecule has 2 aromatic carbocycles. The molecule has 23 heavy (non-hydrogen) atoms. The quantitative estimate of drug-likeness (QED) is 0.742. The fourth-order valence-electron chi connectivity index (χ4n) is 2.05. The lowest BCUT2D eigenvalue weighted by Crippen LogP contribution is -2.30. The van der Waals surface area contributed by atoms with Crippen LogP contribution in [0.4, 0.5) is 5.69 Å². The molecule has 0 radical (unpaired) electrons.